The van der Waals surface area contributed by atoms with E-state index in [1.54, 1.807) is 49.4 Å². The van der Waals surface area contributed by atoms with Crippen molar-refractivity contribution in [1.29, 1.82) is 0 Å². The van der Waals surface area contributed by atoms with E-state index in [1.807, 2.05) is 12.1 Å². The number of carbonyl (C=O) groups excluding carboxylic acids is 3. The van der Waals surface area contributed by atoms with Gasteiger partial charge in [-0.1, -0.05) is 30.3 Å². The summed E-state index contributed by atoms with van der Waals surface area (Å²) in [4.78, 5) is 39.1. The fraction of sp³-hybridized carbons (Fsp3) is 0.0952. The van der Waals surface area contributed by atoms with E-state index in [4.69, 9.17) is 4.74 Å². The molecule has 26 heavy (non-hydrogen) atoms. The predicted octanol–water partition coefficient (Wildman–Crippen LogP) is 3.82. The van der Waals surface area contributed by atoms with Gasteiger partial charge in [0.1, 0.15) is 0 Å². The first-order valence-corrected chi connectivity index (χ1v) is 8.29. The highest BCUT2D eigenvalue weighted by Gasteiger charge is 2.34. The van der Waals surface area contributed by atoms with Crippen LogP contribution in [0, 0.1) is 0 Å². The molecule has 0 atom stereocenters. The van der Waals surface area contributed by atoms with Crippen molar-refractivity contribution >= 4 is 34.2 Å². The molecule has 1 aliphatic heterocycles. The standard InChI is InChI=1S/C21H15NO4/c1-2-26-21(25)14-8-3-9-15(12-14)22-19(23)16-10-4-6-13-7-5-11-17(18(13)16)20(22)24/h3-12H,2H2,1H3. The Labute approximate surface area is 149 Å². The van der Waals surface area contributed by atoms with Gasteiger partial charge in [0.05, 0.1) is 17.9 Å². The third kappa shape index (κ3) is 2.37. The molecule has 0 radical (unpaired) electrons. The van der Waals surface area contributed by atoms with Crippen molar-refractivity contribution in [2.24, 2.45) is 0 Å². The van der Waals surface area contributed by atoms with Crippen LogP contribution in [0.5, 0.6) is 0 Å². The summed E-state index contributed by atoms with van der Waals surface area (Å²) < 4.78 is 5.00. The van der Waals surface area contributed by atoms with E-state index in [0.29, 0.717) is 27.8 Å². The van der Waals surface area contributed by atoms with Crippen LogP contribution in [0.3, 0.4) is 0 Å². The molecule has 3 aromatic rings. The lowest BCUT2D eigenvalue weighted by atomic mass is 9.93. The van der Waals surface area contributed by atoms with Gasteiger partial charge in [-0.15, -0.1) is 0 Å². The lowest BCUT2D eigenvalue weighted by Crippen LogP contribution is -2.40. The normalized spacial score (nSPS) is 13.2. The lowest BCUT2D eigenvalue weighted by molar-refractivity contribution is 0.0525. The third-order valence-corrected chi connectivity index (χ3v) is 4.39. The maximum absolute atomic E-state index is 13.0. The summed E-state index contributed by atoms with van der Waals surface area (Å²) in [5.41, 5.74) is 1.58. The van der Waals surface area contributed by atoms with E-state index >= 15 is 0 Å². The summed E-state index contributed by atoms with van der Waals surface area (Å²) in [6.07, 6.45) is 0. The Hall–Kier alpha value is -3.47. The molecule has 5 heteroatoms. The topological polar surface area (TPSA) is 63.7 Å². The number of anilines is 1. The van der Waals surface area contributed by atoms with Crippen LogP contribution in [0.1, 0.15) is 38.0 Å². The molecule has 0 saturated heterocycles. The van der Waals surface area contributed by atoms with Crippen LogP contribution in [0.2, 0.25) is 0 Å². The van der Waals surface area contributed by atoms with Crippen molar-refractivity contribution in [2.45, 2.75) is 6.92 Å². The van der Waals surface area contributed by atoms with Gasteiger partial charge in [-0.3, -0.25) is 9.59 Å². The predicted molar refractivity (Wildman–Crippen MR) is 97.5 cm³/mol. The summed E-state index contributed by atoms with van der Waals surface area (Å²) in [6.45, 7) is 1.97. The van der Waals surface area contributed by atoms with Crippen LogP contribution in [-0.2, 0) is 4.74 Å². The number of carbonyl (C=O) groups is 3. The zero-order valence-corrected chi connectivity index (χ0v) is 14.1. The van der Waals surface area contributed by atoms with Crippen LogP contribution >= 0.6 is 0 Å². The number of ether oxygens (including phenoxy) is 1. The van der Waals surface area contributed by atoms with Crippen LogP contribution < -0.4 is 4.90 Å². The summed E-state index contributed by atoms with van der Waals surface area (Å²) in [5, 5.41) is 1.52. The molecule has 0 bridgehead atoms. The Bertz CT molecular complexity index is 1020. The number of hydrogen-bond acceptors (Lipinski definition) is 4. The summed E-state index contributed by atoms with van der Waals surface area (Å²) in [5.74, 6) is -1.30. The van der Waals surface area contributed by atoms with E-state index < -0.39 is 17.8 Å². The Balaban J connectivity index is 1.85. The highest BCUT2D eigenvalue weighted by Crippen LogP contribution is 2.33. The van der Waals surface area contributed by atoms with Gasteiger partial charge in [0.25, 0.3) is 11.8 Å². The number of imide groups is 1. The zero-order chi connectivity index (χ0) is 18.3. The van der Waals surface area contributed by atoms with Gasteiger partial charge in [0.15, 0.2) is 0 Å². The van der Waals surface area contributed by atoms with E-state index in [1.165, 1.54) is 6.07 Å². The Morgan fingerprint density at radius 1 is 0.923 bits per heavy atom. The van der Waals surface area contributed by atoms with Gasteiger partial charge in [0, 0.05) is 16.5 Å². The SMILES string of the molecule is CCOC(=O)c1cccc(N2C(=O)c3cccc4cccc(c34)C2=O)c1. The monoisotopic (exact) mass is 345 g/mol. The minimum absolute atomic E-state index is 0.250. The number of hydrogen-bond donors (Lipinski definition) is 0. The minimum atomic E-state index is -0.492. The minimum Gasteiger partial charge on any atom is -0.462 e. The number of rotatable bonds is 3. The van der Waals surface area contributed by atoms with Crippen molar-refractivity contribution in [1.82, 2.24) is 0 Å². The van der Waals surface area contributed by atoms with Gasteiger partial charge in [-0.25, -0.2) is 9.69 Å². The molecule has 5 nitrogen and oxygen atoms in total. The van der Waals surface area contributed by atoms with Gasteiger partial charge < -0.3 is 4.74 Å². The second kappa shape index (κ2) is 6.11. The molecule has 0 fully saturated rings. The molecule has 0 spiro atoms. The van der Waals surface area contributed by atoms with Crippen molar-refractivity contribution in [3.63, 3.8) is 0 Å². The van der Waals surface area contributed by atoms with Gasteiger partial charge in [-0.2, -0.15) is 0 Å². The number of benzene rings is 3. The number of esters is 1. The fourth-order valence-corrected chi connectivity index (χ4v) is 3.25. The smallest absolute Gasteiger partial charge is 0.338 e. The van der Waals surface area contributed by atoms with Crippen LogP contribution in [0.25, 0.3) is 10.8 Å². The average molecular weight is 345 g/mol. The first-order chi connectivity index (χ1) is 12.6. The summed E-state index contributed by atoms with van der Waals surface area (Å²) >= 11 is 0. The maximum Gasteiger partial charge on any atom is 0.338 e. The van der Waals surface area contributed by atoms with Gasteiger partial charge in [-0.05, 0) is 42.6 Å². The first kappa shape index (κ1) is 16.0. The molecular weight excluding hydrogens is 330 g/mol. The summed E-state index contributed by atoms with van der Waals surface area (Å²) in [7, 11) is 0. The molecule has 0 aromatic heterocycles. The molecular formula is C21H15NO4. The molecule has 2 amide bonds. The van der Waals surface area contributed by atoms with Crippen molar-refractivity contribution in [2.75, 3.05) is 11.5 Å². The molecule has 4 rings (SSSR count). The Morgan fingerprint density at radius 3 is 2.15 bits per heavy atom. The first-order valence-electron chi connectivity index (χ1n) is 8.29. The van der Waals surface area contributed by atoms with E-state index in [9.17, 15) is 14.4 Å². The van der Waals surface area contributed by atoms with Crippen LogP contribution in [0.15, 0.2) is 60.7 Å². The lowest BCUT2D eigenvalue weighted by Gasteiger charge is -2.27. The molecule has 128 valence electrons. The Kier molecular flexibility index (Phi) is 3.77. The average Bonchev–Trinajstić information content (AvgIpc) is 2.66. The molecule has 0 saturated carbocycles. The largest absolute Gasteiger partial charge is 0.462 e. The van der Waals surface area contributed by atoms with Crippen molar-refractivity contribution in [3.8, 4) is 0 Å². The number of amides is 2. The molecule has 0 unspecified atom stereocenters. The van der Waals surface area contributed by atoms with E-state index in [2.05, 4.69) is 0 Å². The highest BCUT2D eigenvalue weighted by atomic mass is 16.5. The molecule has 3 aromatic carbocycles. The maximum atomic E-state index is 13.0. The van der Waals surface area contributed by atoms with Crippen molar-refractivity contribution in [3.05, 3.63) is 77.4 Å². The zero-order valence-electron chi connectivity index (χ0n) is 14.1. The molecule has 0 aliphatic carbocycles. The van der Waals surface area contributed by atoms with Gasteiger partial charge in [0.2, 0.25) is 0 Å². The molecule has 1 heterocycles. The molecule has 1 aliphatic rings. The quantitative estimate of drug-likeness (QED) is 0.535. The van der Waals surface area contributed by atoms with Gasteiger partial charge >= 0.3 is 5.97 Å². The van der Waals surface area contributed by atoms with Crippen molar-refractivity contribution < 1.29 is 19.1 Å². The second-order valence-corrected chi connectivity index (χ2v) is 5.93. The fourth-order valence-electron chi connectivity index (χ4n) is 3.25. The van der Waals surface area contributed by atoms with E-state index in [-0.39, 0.29) is 6.61 Å². The summed E-state index contributed by atoms with van der Waals surface area (Å²) in [6, 6.07) is 17.1. The Morgan fingerprint density at radius 2 is 1.54 bits per heavy atom. The van der Waals surface area contributed by atoms with Crippen LogP contribution in [-0.4, -0.2) is 24.4 Å². The van der Waals surface area contributed by atoms with Crippen LogP contribution in [0.4, 0.5) is 5.69 Å². The second-order valence-electron chi connectivity index (χ2n) is 5.93. The van der Waals surface area contributed by atoms with E-state index in [0.717, 1.165) is 10.3 Å². The third-order valence-electron chi connectivity index (χ3n) is 4.39. The highest BCUT2D eigenvalue weighted by molar-refractivity contribution is 6.35. The molecule has 0 N–H and O–H groups in total. The number of nitrogens with zero attached hydrogens (tertiary/aromatic N) is 1.